The number of fused-ring (bicyclic) bond motifs is 1. The van der Waals surface area contributed by atoms with Crippen molar-refractivity contribution in [2.24, 2.45) is 7.05 Å². The molecule has 2 aliphatic rings. The van der Waals surface area contributed by atoms with Gasteiger partial charge in [-0.05, 0) is 17.7 Å². The minimum atomic E-state index is -3.14. The van der Waals surface area contributed by atoms with Crippen molar-refractivity contribution >= 4 is 15.7 Å². The summed E-state index contributed by atoms with van der Waals surface area (Å²) >= 11 is 0. The Labute approximate surface area is 153 Å². The SMILES string of the molecule is Cn1cccc1C(=O)N1CCN(Cc2ccccc2)[C@@H]2CS(=O)(=O)C[C@@H]21. The third-order valence-electron chi connectivity index (χ3n) is 5.44. The van der Waals surface area contributed by atoms with E-state index >= 15 is 0 Å². The van der Waals surface area contributed by atoms with Crippen molar-refractivity contribution in [3.05, 3.63) is 59.9 Å². The molecular formula is C19H23N3O3S. The van der Waals surface area contributed by atoms with Gasteiger partial charge in [-0.1, -0.05) is 30.3 Å². The van der Waals surface area contributed by atoms with Gasteiger partial charge in [-0.3, -0.25) is 9.69 Å². The summed E-state index contributed by atoms with van der Waals surface area (Å²) in [5, 5.41) is 0. The van der Waals surface area contributed by atoms with Crippen LogP contribution in [0.2, 0.25) is 0 Å². The molecule has 0 unspecified atom stereocenters. The molecule has 0 spiro atoms. The standard InChI is InChI=1S/C19H23N3O3S/c1-20-9-5-8-16(20)19(23)22-11-10-21(12-15-6-3-2-4-7-15)17-13-26(24,25)14-18(17)22/h2-9,17-18H,10-14H2,1H3/t17-,18+/m1/s1. The Morgan fingerprint density at radius 1 is 1.04 bits per heavy atom. The van der Waals surface area contributed by atoms with Crippen molar-refractivity contribution in [1.29, 1.82) is 0 Å². The second-order valence-electron chi connectivity index (χ2n) is 7.17. The number of sulfone groups is 1. The van der Waals surface area contributed by atoms with Gasteiger partial charge in [-0.2, -0.15) is 0 Å². The van der Waals surface area contributed by atoms with Crippen molar-refractivity contribution < 1.29 is 13.2 Å². The molecule has 1 aromatic carbocycles. The lowest BCUT2D eigenvalue weighted by Gasteiger charge is -2.44. The van der Waals surface area contributed by atoms with Gasteiger partial charge >= 0.3 is 0 Å². The maximum atomic E-state index is 13.0. The number of hydrogen-bond acceptors (Lipinski definition) is 4. The molecule has 2 aliphatic heterocycles. The molecule has 7 heteroatoms. The number of amides is 1. The average Bonchev–Trinajstić information content (AvgIpc) is 3.17. The molecule has 1 amide bonds. The zero-order valence-electron chi connectivity index (χ0n) is 14.8. The van der Waals surface area contributed by atoms with Crippen LogP contribution in [0.25, 0.3) is 0 Å². The zero-order valence-corrected chi connectivity index (χ0v) is 15.6. The fourth-order valence-corrected chi connectivity index (χ4v) is 6.13. The number of benzene rings is 1. The molecule has 2 aromatic rings. The van der Waals surface area contributed by atoms with E-state index in [9.17, 15) is 13.2 Å². The molecule has 2 fully saturated rings. The Balaban J connectivity index is 1.60. The van der Waals surface area contributed by atoms with Crippen molar-refractivity contribution in [3.8, 4) is 0 Å². The fourth-order valence-electron chi connectivity index (χ4n) is 4.12. The van der Waals surface area contributed by atoms with Crippen LogP contribution in [0.3, 0.4) is 0 Å². The van der Waals surface area contributed by atoms with Crippen molar-refractivity contribution in [1.82, 2.24) is 14.4 Å². The third kappa shape index (κ3) is 3.17. The maximum Gasteiger partial charge on any atom is 0.270 e. The topological polar surface area (TPSA) is 62.6 Å². The zero-order chi connectivity index (χ0) is 18.3. The first-order valence-corrected chi connectivity index (χ1v) is 10.7. The lowest BCUT2D eigenvalue weighted by molar-refractivity contribution is 0.0299. The molecule has 6 nitrogen and oxygen atoms in total. The van der Waals surface area contributed by atoms with E-state index < -0.39 is 9.84 Å². The minimum absolute atomic E-state index is 0.0547. The number of carbonyl (C=O) groups is 1. The van der Waals surface area contributed by atoms with E-state index in [4.69, 9.17) is 0 Å². The van der Waals surface area contributed by atoms with E-state index in [1.807, 2.05) is 37.5 Å². The second kappa shape index (κ2) is 6.55. The second-order valence-corrected chi connectivity index (χ2v) is 9.32. The van der Waals surface area contributed by atoms with Gasteiger partial charge in [0, 0.05) is 38.9 Å². The smallest absolute Gasteiger partial charge is 0.270 e. The molecule has 1 aromatic heterocycles. The van der Waals surface area contributed by atoms with Crippen LogP contribution in [0.4, 0.5) is 0 Å². The Kier molecular flexibility index (Phi) is 4.36. The highest BCUT2D eigenvalue weighted by Gasteiger charge is 2.48. The number of rotatable bonds is 3. The summed E-state index contributed by atoms with van der Waals surface area (Å²) in [5.74, 6) is 0.101. The molecule has 138 valence electrons. The molecule has 0 saturated carbocycles. The highest BCUT2D eigenvalue weighted by atomic mass is 32.2. The van der Waals surface area contributed by atoms with Gasteiger partial charge in [-0.15, -0.1) is 0 Å². The number of nitrogens with zero attached hydrogens (tertiary/aromatic N) is 3. The summed E-state index contributed by atoms with van der Waals surface area (Å²) in [4.78, 5) is 17.0. The van der Waals surface area contributed by atoms with Gasteiger partial charge in [0.2, 0.25) is 0 Å². The lowest BCUT2D eigenvalue weighted by Crippen LogP contribution is -2.60. The average molecular weight is 373 g/mol. The van der Waals surface area contributed by atoms with Crippen LogP contribution in [0, 0.1) is 0 Å². The summed E-state index contributed by atoms with van der Waals surface area (Å²) in [7, 11) is -1.31. The largest absolute Gasteiger partial charge is 0.347 e. The molecule has 2 atom stereocenters. The Hall–Kier alpha value is -2.12. The van der Waals surface area contributed by atoms with Crippen molar-refractivity contribution in [2.45, 2.75) is 18.6 Å². The quantitative estimate of drug-likeness (QED) is 0.810. The number of carbonyl (C=O) groups excluding carboxylic acids is 1. The predicted molar refractivity (Wildman–Crippen MR) is 99.5 cm³/mol. The first-order valence-electron chi connectivity index (χ1n) is 8.85. The molecule has 4 rings (SSSR count). The van der Waals surface area contributed by atoms with Gasteiger partial charge < -0.3 is 9.47 Å². The van der Waals surface area contributed by atoms with Crippen LogP contribution in [-0.2, 0) is 23.4 Å². The van der Waals surface area contributed by atoms with Crippen LogP contribution in [0.15, 0.2) is 48.7 Å². The number of aromatic nitrogens is 1. The molecule has 0 aliphatic carbocycles. The molecular weight excluding hydrogens is 350 g/mol. The lowest BCUT2D eigenvalue weighted by atomic mass is 10.0. The van der Waals surface area contributed by atoms with Gasteiger partial charge in [0.1, 0.15) is 5.69 Å². The van der Waals surface area contributed by atoms with Gasteiger partial charge in [0.05, 0.1) is 17.5 Å². The molecule has 26 heavy (non-hydrogen) atoms. The Morgan fingerprint density at radius 2 is 1.77 bits per heavy atom. The van der Waals surface area contributed by atoms with Gasteiger partial charge in [0.25, 0.3) is 5.91 Å². The van der Waals surface area contributed by atoms with E-state index in [1.165, 1.54) is 0 Å². The fraction of sp³-hybridized carbons (Fsp3) is 0.421. The van der Waals surface area contributed by atoms with Crippen molar-refractivity contribution in [2.75, 3.05) is 24.6 Å². The summed E-state index contributed by atoms with van der Waals surface area (Å²) in [6, 6.07) is 13.3. The molecule has 3 heterocycles. The van der Waals surface area contributed by atoms with Crippen LogP contribution in [0.5, 0.6) is 0 Å². The van der Waals surface area contributed by atoms with Crippen LogP contribution >= 0.6 is 0 Å². The maximum absolute atomic E-state index is 13.0. The van der Waals surface area contributed by atoms with Gasteiger partial charge in [0.15, 0.2) is 9.84 Å². The van der Waals surface area contributed by atoms with E-state index in [-0.39, 0.29) is 29.5 Å². The number of aryl methyl sites for hydroxylation is 1. The van der Waals surface area contributed by atoms with Crippen LogP contribution in [0.1, 0.15) is 16.1 Å². The van der Waals surface area contributed by atoms with Crippen LogP contribution < -0.4 is 0 Å². The summed E-state index contributed by atoms with van der Waals surface area (Å²) < 4.78 is 26.5. The molecule has 0 bridgehead atoms. The summed E-state index contributed by atoms with van der Waals surface area (Å²) in [6.45, 7) is 1.94. The van der Waals surface area contributed by atoms with E-state index in [0.717, 1.165) is 5.56 Å². The van der Waals surface area contributed by atoms with E-state index in [0.29, 0.717) is 25.3 Å². The predicted octanol–water partition coefficient (Wildman–Crippen LogP) is 1.15. The molecule has 0 N–H and O–H groups in total. The van der Waals surface area contributed by atoms with E-state index in [2.05, 4.69) is 17.0 Å². The summed E-state index contributed by atoms with van der Waals surface area (Å²) in [6.07, 6.45) is 1.84. The highest BCUT2D eigenvalue weighted by Crippen LogP contribution is 2.29. The summed E-state index contributed by atoms with van der Waals surface area (Å²) in [5.41, 5.74) is 1.77. The number of piperazine rings is 1. The first kappa shape index (κ1) is 17.3. The number of hydrogen-bond donors (Lipinski definition) is 0. The van der Waals surface area contributed by atoms with Crippen molar-refractivity contribution in [3.63, 3.8) is 0 Å². The monoisotopic (exact) mass is 373 g/mol. The van der Waals surface area contributed by atoms with E-state index in [1.54, 1.807) is 15.5 Å². The highest BCUT2D eigenvalue weighted by molar-refractivity contribution is 7.91. The molecule has 2 saturated heterocycles. The Bertz CT molecular complexity index is 907. The molecule has 0 radical (unpaired) electrons. The minimum Gasteiger partial charge on any atom is -0.347 e. The first-order chi connectivity index (χ1) is 12.4. The van der Waals surface area contributed by atoms with Crippen LogP contribution in [-0.4, -0.2) is 65.4 Å². The van der Waals surface area contributed by atoms with Gasteiger partial charge in [-0.25, -0.2) is 8.42 Å². The Morgan fingerprint density at radius 3 is 2.46 bits per heavy atom. The normalized spacial score (nSPS) is 25.2. The third-order valence-corrected chi connectivity index (χ3v) is 7.14.